The van der Waals surface area contributed by atoms with Crippen LogP contribution in [0.5, 0.6) is 0 Å². The Bertz CT molecular complexity index is 645. The molecule has 2 unspecified atom stereocenters. The Morgan fingerprint density at radius 3 is 2.52 bits per heavy atom. The van der Waals surface area contributed by atoms with Gasteiger partial charge in [0.15, 0.2) is 0 Å². The molecular formula is C14H21N3O5S. The van der Waals surface area contributed by atoms with E-state index >= 15 is 0 Å². The molecule has 128 valence electrons. The van der Waals surface area contributed by atoms with Gasteiger partial charge in [-0.1, -0.05) is 6.08 Å². The number of aliphatic hydroxyl groups is 1. The van der Waals surface area contributed by atoms with Crippen molar-refractivity contribution in [2.45, 2.75) is 48.6 Å². The Kier molecular flexibility index (Phi) is 3.97. The van der Waals surface area contributed by atoms with Crippen molar-refractivity contribution in [3.63, 3.8) is 0 Å². The van der Waals surface area contributed by atoms with Gasteiger partial charge in [-0.05, 0) is 25.7 Å². The van der Waals surface area contributed by atoms with Crippen molar-refractivity contribution in [3.8, 4) is 0 Å². The van der Waals surface area contributed by atoms with E-state index in [2.05, 4.69) is 21.9 Å². The van der Waals surface area contributed by atoms with Crippen LogP contribution in [0.15, 0.2) is 12.7 Å². The van der Waals surface area contributed by atoms with Crippen molar-refractivity contribution in [2.75, 3.05) is 6.54 Å². The van der Waals surface area contributed by atoms with E-state index in [1.54, 1.807) is 6.08 Å². The minimum atomic E-state index is -3.67. The van der Waals surface area contributed by atoms with Crippen LogP contribution in [0.2, 0.25) is 0 Å². The Hall–Kier alpha value is -1.45. The first-order valence-electron chi connectivity index (χ1n) is 7.70. The summed E-state index contributed by atoms with van der Waals surface area (Å²) >= 11 is 0. The maximum absolute atomic E-state index is 12.4. The van der Waals surface area contributed by atoms with Crippen LogP contribution in [0.4, 0.5) is 0 Å². The number of carbonyl (C=O) groups is 2. The number of sulfonamides is 1. The molecule has 0 bridgehead atoms. The molecule has 2 aliphatic carbocycles. The van der Waals surface area contributed by atoms with Crippen LogP contribution in [0.1, 0.15) is 25.7 Å². The number of rotatable bonds is 6. The number of amides is 2. The van der Waals surface area contributed by atoms with Gasteiger partial charge in [-0.3, -0.25) is 14.3 Å². The highest BCUT2D eigenvalue weighted by Crippen LogP contribution is 2.45. The molecular weight excluding hydrogens is 322 g/mol. The molecule has 1 aliphatic heterocycles. The third-order valence-corrected chi connectivity index (χ3v) is 6.49. The van der Waals surface area contributed by atoms with Crippen LogP contribution < -0.4 is 15.4 Å². The molecule has 0 aromatic heterocycles. The number of β-amino-alcohol motifs (C(OH)–C–C–N with tert-alkyl or cyclic N) is 1. The second kappa shape index (κ2) is 5.57. The molecule has 1 saturated heterocycles. The van der Waals surface area contributed by atoms with Crippen LogP contribution >= 0.6 is 0 Å². The van der Waals surface area contributed by atoms with E-state index in [-0.39, 0.29) is 12.3 Å². The highest BCUT2D eigenvalue weighted by atomic mass is 32.2. The molecule has 3 aliphatic rings. The molecule has 0 aromatic rings. The van der Waals surface area contributed by atoms with Crippen molar-refractivity contribution in [1.82, 2.24) is 15.4 Å². The minimum absolute atomic E-state index is 0.267. The van der Waals surface area contributed by atoms with Crippen molar-refractivity contribution >= 4 is 21.8 Å². The summed E-state index contributed by atoms with van der Waals surface area (Å²) in [5.74, 6) is -1.42. The normalized spacial score (nSPS) is 36.3. The minimum Gasteiger partial charge on any atom is -0.392 e. The average molecular weight is 343 g/mol. The predicted octanol–water partition coefficient (Wildman–Crippen LogP) is -1.62. The molecule has 0 radical (unpaired) electrons. The van der Waals surface area contributed by atoms with Gasteiger partial charge in [-0.15, -0.1) is 6.58 Å². The van der Waals surface area contributed by atoms with E-state index in [0.717, 1.165) is 0 Å². The standard InChI is InChI=1S/C14H21N3O5S/c1-2-8-6-14(8,13(20)17-23(21,22)10-3-4-10)16-12(19)11-5-9(18)7-15-11/h2,8-11,15,18H,1,3-7H2,(H,16,19)(H,17,20)/t8?,9-,11+,14?/m1/s1. The zero-order valence-electron chi connectivity index (χ0n) is 12.6. The molecule has 4 atom stereocenters. The van der Waals surface area contributed by atoms with E-state index in [4.69, 9.17) is 0 Å². The van der Waals surface area contributed by atoms with Crippen molar-refractivity contribution in [2.24, 2.45) is 5.92 Å². The van der Waals surface area contributed by atoms with E-state index in [1.165, 1.54) is 0 Å². The van der Waals surface area contributed by atoms with Crippen LogP contribution in [-0.2, 0) is 19.6 Å². The highest BCUT2D eigenvalue weighted by molar-refractivity contribution is 7.90. The lowest BCUT2D eigenvalue weighted by Gasteiger charge is -2.21. The average Bonchev–Trinajstić information content (AvgIpc) is 3.37. The lowest BCUT2D eigenvalue weighted by Crippen LogP contribution is -2.55. The summed E-state index contributed by atoms with van der Waals surface area (Å²) < 4.78 is 26.0. The topological polar surface area (TPSA) is 125 Å². The number of nitrogens with one attached hydrogen (secondary N) is 3. The fraction of sp³-hybridized carbons (Fsp3) is 0.714. The van der Waals surface area contributed by atoms with Gasteiger partial charge in [-0.2, -0.15) is 0 Å². The smallest absolute Gasteiger partial charge is 0.259 e. The Morgan fingerprint density at radius 1 is 1.35 bits per heavy atom. The lowest BCUT2D eigenvalue weighted by atomic mass is 10.1. The zero-order chi connectivity index (χ0) is 16.8. The molecule has 8 nitrogen and oxygen atoms in total. The fourth-order valence-electron chi connectivity index (χ4n) is 2.94. The van der Waals surface area contributed by atoms with Crippen LogP contribution in [-0.4, -0.2) is 54.8 Å². The van der Waals surface area contributed by atoms with Gasteiger partial charge in [0.1, 0.15) is 5.54 Å². The van der Waals surface area contributed by atoms with Crippen LogP contribution in [0.25, 0.3) is 0 Å². The molecule has 3 rings (SSSR count). The van der Waals surface area contributed by atoms with E-state index in [0.29, 0.717) is 25.8 Å². The molecule has 23 heavy (non-hydrogen) atoms. The van der Waals surface area contributed by atoms with E-state index in [1.807, 2.05) is 0 Å². The number of carbonyl (C=O) groups excluding carboxylic acids is 2. The third kappa shape index (κ3) is 3.13. The summed E-state index contributed by atoms with van der Waals surface area (Å²) in [5, 5.41) is 14.5. The number of hydrogen-bond acceptors (Lipinski definition) is 6. The van der Waals surface area contributed by atoms with E-state index in [9.17, 15) is 23.1 Å². The van der Waals surface area contributed by atoms with Gasteiger partial charge in [0, 0.05) is 12.5 Å². The van der Waals surface area contributed by atoms with Crippen molar-refractivity contribution in [1.29, 1.82) is 0 Å². The highest BCUT2D eigenvalue weighted by Gasteiger charge is 2.61. The molecule has 0 aromatic carbocycles. The first-order chi connectivity index (χ1) is 10.8. The first-order valence-corrected chi connectivity index (χ1v) is 9.25. The Labute approximate surface area is 134 Å². The first kappa shape index (κ1) is 16.4. The summed E-state index contributed by atoms with van der Waals surface area (Å²) in [6, 6.07) is -0.583. The molecule has 1 heterocycles. The van der Waals surface area contributed by atoms with Gasteiger partial charge in [0.2, 0.25) is 15.9 Å². The molecule has 2 saturated carbocycles. The SMILES string of the molecule is C=CC1CC1(NC(=O)[C@@H]1C[C@@H](O)CN1)C(=O)NS(=O)(=O)C1CC1. The third-order valence-electron chi connectivity index (χ3n) is 4.67. The molecule has 0 spiro atoms. The van der Waals surface area contributed by atoms with Gasteiger partial charge < -0.3 is 15.7 Å². The molecule has 4 N–H and O–H groups in total. The largest absolute Gasteiger partial charge is 0.392 e. The maximum Gasteiger partial charge on any atom is 0.259 e. The van der Waals surface area contributed by atoms with Crippen molar-refractivity contribution < 1.29 is 23.1 Å². The number of aliphatic hydroxyl groups excluding tert-OH is 1. The monoisotopic (exact) mass is 343 g/mol. The lowest BCUT2D eigenvalue weighted by molar-refractivity contribution is -0.130. The summed E-state index contributed by atoms with van der Waals surface area (Å²) in [6.07, 6.45) is 2.64. The second-order valence-electron chi connectivity index (χ2n) is 6.53. The summed E-state index contributed by atoms with van der Waals surface area (Å²) in [5.41, 5.74) is -1.25. The van der Waals surface area contributed by atoms with Crippen LogP contribution in [0.3, 0.4) is 0 Å². The summed E-state index contributed by atoms with van der Waals surface area (Å²) in [7, 11) is -3.67. The quantitative estimate of drug-likeness (QED) is 0.430. The molecule has 2 amide bonds. The second-order valence-corrected chi connectivity index (χ2v) is 8.49. The Balaban J connectivity index is 1.68. The summed E-state index contributed by atoms with van der Waals surface area (Å²) in [6.45, 7) is 3.94. The maximum atomic E-state index is 12.4. The van der Waals surface area contributed by atoms with E-state index < -0.39 is 44.8 Å². The zero-order valence-corrected chi connectivity index (χ0v) is 13.4. The van der Waals surface area contributed by atoms with Crippen molar-refractivity contribution in [3.05, 3.63) is 12.7 Å². The fourth-order valence-corrected chi connectivity index (χ4v) is 4.30. The van der Waals surface area contributed by atoms with Gasteiger partial charge in [0.05, 0.1) is 17.4 Å². The molecule has 9 heteroatoms. The number of hydrogen-bond donors (Lipinski definition) is 4. The van der Waals surface area contributed by atoms with Gasteiger partial charge in [0.25, 0.3) is 5.91 Å². The predicted molar refractivity (Wildman–Crippen MR) is 81.7 cm³/mol. The molecule has 3 fully saturated rings. The van der Waals surface area contributed by atoms with Gasteiger partial charge >= 0.3 is 0 Å². The Morgan fingerprint density at radius 2 is 2.04 bits per heavy atom. The van der Waals surface area contributed by atoms with Gasteiger partial charge in [-0.25, -0.2) is 8.42 Å². The van der Waals surface area contributed by atoms with Crippen LogP contribution in [0, 0.1) is 5.92 Å². The summed E-state index contributed by atoms with van der Waals surface area (Å²) in [4.78, 5) is 24.7.